The summed E-state index contributed by atoms with van der Waals surface area (Å²) < 4.78 is 5.60. The minimum atomic E-state index is -0.131. The van der Waals surface area contributed by atoms with Crippen LogP contribution in [0.2, 0.25) is 0 Å². The van der Waals surface area contributed by atoms with Crippen molar-refractivity contribution in [1.29, 1.82) is 0 Å². The molecule has 180 valence electrons. The van der Waals surface area contributed by atoms with Crippen LogP contribution in [0.15, 0.2) is 23.3 Å². The van der Waals surface area contributed by atoms with Gasteiger partial charge in [0, 0.05) is 13.3 Å². The van der Waals surface area contributed by atoms with E-state index in [9.17, 15) is 4.79 Å². The van der Waals surface area contributed by atoms with Crippen molar-refractivity contribution in [3.63, 3.8) is 0 Å². The van der Waals surface area contributed by atoms with Gasteiger partial charge in [-0.05, 0) is 84.9 Å². The van der Waals surface area contributed by atoms with Gasteiger partial charge in [0.2, 0.25) is 0 Å². The summed E-state index contributed by atoms with van der Waals surface area (Å²) in [7, 11) is 0. The van der Waals surface area contributed by atoms with E-state index in [0.717, 1.165) is 48.9 Å². The average molecular weight is 441 g/mol. The third-order valence-electron chi connectivity index (χ3n) is 10.8. The molecule has 0 spiro atoms. The van der Waals surface area contributed by atoms with Crippen LogP contribution < -0.4 is 0 Å². The molecule has 2 heteroatoms. The molecule has 0 radical (unpaired) electrons. The molecule has 0 aromatic heterocycles. The monoisotopic (exact) mass is 440 g/mol. The summed E-state index contributed by atoms with van der Waals surface area (Å²) in [5.41, 5.74) is 4.08. The minimum absolute atomic E-state index is 0.0839. The molecule has 0 heterocycles. The maximum Gasteiger partial charge on any atom is 0.302 e. The topological polar surface area (TPSA) is 26.3 Å². The molecule has 3 fully saturated rings. The van der Waals surface area contributed by atoms with E-state index in [1.807, 2.05) is 0 Å². The van der Waals surface area contributed by atoms with Crippen LogP contribution in [0, 0.1) is 46.3 Å². The molecule has 0 bridgehead atoms. The van der Waals surface area contributed by atoms with Gasteiger partial charge < -0.3 is 4.74 Å². The van der Waals surface area contributed by atoms with Crippen molar-refractivity contribution in [1.82, 2.24) is 0 Å². The first-order valence-corrected chi connectivity index (χ1v) is 13.6. The van der Waals surface area contributed by atoms with Crippen LogP contribution in [-0.4, -0.2) is 12.1 Å². The fraction of sp³-hybridized carbons (Fsp3) is 0.833. The lowest BCUT2D eigenvalue weighted by Crippen LogP contribution is -2.46. The summed E-state index contributed by atoms with van der Waals surface area (Å²) in [6.45, 7) is 16.5. The third kappa shape index (κ3) is 4.14. The van der Waals surface area contributed by atoms with Crippen molar-refractivity contribution in [3.8, 4) is 0 Å². The summed E-state index contributed by atoms with van der Waals surface area (Å²) in [4.78, 5) is 11.5. The standard InChI is InChI=1S/C30H48O2/c1-19(2)20(3)8-9-21(4)26-12-13-27-25-11-10-23-18-24(32-22(5)31)14-16-29(23,6)28(25)15-17-30(26,27)7/h10-11,19-21,24,26-28H,8-9,12-18H2,1-7H3/t20?,21-,24?,26?,27?,28?,29?,30?/m1/s1. The summed E-state index contributed by atoms with van der Waals surface area (Å²) in [5, 5.41) is 0. The summed E-state index contributed by atoms with van der Waals surface area (Å²) in [6.07, 6.45) is 16.5. The Morgan fingerprint density at radius 3 is 2.44 bits per heavy atom. The molecule has 0 saturated heterocycles. The van der Waals surface area contributed by atoms with Gasteiger partial charge in [-0.3, -0.25) is 4.79 Å². The zero-order valence-corrected chi connectivity index (χ0v) is 21.9. The van der Waals surface area contributed by atoms with E-state index in [-0.39, 0.29) is 17.5 Å². The van der Waals surface area contributed by atoms with E-state index < -0.39 is 0 Å². The predicted octanol–water partition coefficient (Wildman–Crippen LogP) is 8.13. The summed E-state index contributed by atoms with van der Waals surface area (Å²) in [6, 6.07) is 0. The van der Waals surface area contributed by atoms with Gasteiger partial charge >= 0.3 is 5.97 Å². The number of ether oxygens (including phenoxy) is 1. The Labute approximate surface area is 197 Å². The van der Waals surface area contributed by atoms with Crippen molar-refractivity contribution >= 4 is 5.97 Å². The van der Waals surface area contributed by atoms with Crippen LogP contribution in [0.25, 0.3) is 0 Å². The molecule has 2 nitrogen and oxygen atoms in total. The Balaban J connectivity index is 1.50. The molecule has 0 aliphatic heterocycles. The van der Waals surface area contributed by atoms with Crippen LogP contribution in [-0.2, 0) is 9.53 Å². The van der Waals surface area contributed by atoms with Crippen LogP contribution in [0.3, 0.4) is 0 Å². The van der Waals surface area contributed by atoms with Crippen molar-refractivity contribution in [2.75, 3.05) is 0 Å². The number of hydrogen-bond donors (Lipinski definition) is 0. The summed E-state index contributed by atoms with van der Waals surface area (Å²) >= 11 is 0. The first-order valence-electron chi connectivity index (χ1n) is 13.6. The molecule has 0 amide bonds. The number of carbonyl (C=O) groups is 1. The van der Waals surface area contributed by atoms with Gasteiger partial charge in [-0.15, -0.1) is 0 Å². The lowest BCUT2D eigenvalue weighted by Gasteiger charge is -2.55. The highest BCUT2D eigenvalue weighted by molar-refractivity contribution is 5.66. The Hall–Kier alpha value is -1.05. The Kier molecular flexibility index (Phi) is 6.74. The fourth-order valence-electron chi connectivity index (χ4n) is 8.34. The van der Waals surface area contributed by atoms with E-state index in [1.54, 1.807) is 12.5 Å². The fourth-order valence-corrected chi connectivity index (χ4v) is 8.34. The van der Waals surface area contributed by atoms with E-state index in [2.05, 4.69) is 53.7 Å². The minimum Gasteiger partial charge on any atom is -0.462 e. The van der Waals surface area contributed by atoms with Gasteiger partial charge in [-0.25, -0.2) is 0 Å². The molecule has 3 saturated carbocycles. The predicted molar refractivity (Wildman–Crippen MR) is 133 cm³/mol. The van der Waals surface area contributed by atoms with Crippen LogP contribution >= 0.6 is 0 Å². The molecule has 4 aliphatic carbocycles. The number of esters is 1. The molecule has 4 aliphatic rings. The SMILES string of the molecule is CC(=O)OC1CCC2(C)C(=CC=C3C2CCC2(C)C3CCC2[C@H](C)CCC(C)C(C)C)C1. The number of carbonyl (C=O) groups excluding carboxylic acids is 1. The first kappa shape index (κ1) is 24.1. The summed E-state index contributed by atoms with van der Waals surface area (Å²) in [5.74, 6) is 4.71. The number of hydrogen-bond acceptors (Lipinski definition) is 2. The smallest absolute Gasteiger partial charge is 0.302 e. The van der Waals surface area contributed by atoms with E-state index in [0.29, 0.717) is 11.3 Å². The van der Waals surface area contributed by atoms with Gasteiger partial charge in [0.25, 0.3) is 0 Å². The first-order chi connectivity index (χ1) is 15.1. The molecule has 0 N–H and O–H groups in total. The Bertz CT molecular complexity index is 776. The second kappa shape index (κ2) is 8.95. The molecule has 4 rings (SSSR count). The second-order valence-electron chi connectivity index (χ2n) is 12.9. The number of fused-ring (bicyclic) bond motifs is 5. The maximum absolute atomic E-state index is 11.5. The highest BCUT2D eigenvalue weighted by atomic mass is 16.5. The van der Waals surface area contributed by atoms with E-state index >= 15 is 0 Å². The third-order valence-corrected chi connectivity index (χ3v) is 10.8. The van der Waals surface area contributed by atoms with Gasteiger partial charge in [0.1, 0.15) is 6.10 Å². The molecule has 7 unspecified atom stereocenters. The zero-order valence-electron chi connectivity index (χ0n) is 21.9. The van der Waals surface area contributed by atoms with E-state index in [1.165, 1.54) is 44.1 Å². The average Bonchev–Trinajstić information content (AvgIpc) is 3.08. The van der Waals surface area contributed by atoms with Crippen molar-refractivity contribution in [2.45, 2.75) is 112 Å². The lowest BCUT2D eigenvalue weighted by molar-refractivity contribution is -0.148. The van der Waals surface area contributed by atoms with Gasteiger partial charge in [-0.2, -0.15) is 0 Å². The zero-order chi connectivity index (χ0) is 23.3. The Morgan fingerprint density at radius 2 is 1.75 bits per heavy atom. The van der Waals surface area contributed by atoms with Gasteiger partial charge in [0.05, 0.1) is 0 Å². The molecular formula is C30H48O2. The number of allylic oxidation sites excluding steroid dienone is 3. The molecular weight excluding hydrogens is 392 g/mol. The van der Waals surface area contributed by atoms with Crippen molar-refractivity contribution < 1.29 is 9.53 Å². The van der Waals surface area contributed by atoms with Crippen LogP contribution in [0.5, 0.6) is 0 Å². The van der Waals surface area contributed by atoms with Crippen LogP contribution in [0.1, 0.15) is 106 Å². The van der Waals surface area contributed by atoms with Crippen LogP contribution in [0.4, 0.5) is 0 Å². The molecule has 0 aromatic rings. The highest BCUT2D eigenvalue weighted by Gasteiger charge is 2.57. The highest BCUT2D eigenvalue weighted by Crippen LogP contribution is 2.66. The normalized spacial score (nSPS) is 40.5. The largest absolute Gasteiger partial charge is 0.462 e. The maximum atomic E-state index is 11.5. The quantitative estimate of drug-likeness (QED) is 0.390. The van der Waals surface area contributed by atoms with Crippen molar-refractivity contribution in [2.24, 2.45) is 46.3 Å². The number of rotatable bonds is 6. The Morgan fingerprint density at radius 1 is 1.00 bits per heavy atom. The second-order valence-corrected chi connectivity index (χ2v) is 12.9. The van der Waals surface area contributed by atoms with Crippen molar-refractivity contribution in [3.05, 3.63) is 23.3 Å². The lowest BCUT2D eigenvalue weighted by atomic mass is 9.50. The molecule has 32 heavy (non-hydrogen) atoms. The van der Waals surface area contributed by atoms with E-state index in [4.69, 9.17) is 4.74 Å². The van der Waals surface area contributed by atoms with Gasteiger partial charge in [0.15, 0.2) is 0 Å². The molecule has 0 aromatic carbocycles. The van der Waals surface area contributed by atoms with Gasteiger partial charge in [-0.1, -0.05) is 77.7 Å². The molecule has 8 atom stereocenters.